The van der Waals surface area contributed by atoms with Crippen LogP contribution in [0.3, 0.4) is 0 Å². The zero-order valence-corrected chi connectivity index (χ0v) is 17.2. The van der Waals surface area contributed by atoms with Gasteiger partial charge in [-0.05, 0) is 30.7 Å². The van der Waals surface area contributed by atoms with Gasteiger partial charge in [-0.25, -0.2) is 14.5 Å². The molecule has 0 aromatic carbocycles. The third-order valence-corrected chi connectivity index (χ3v) is 7.06. The lowest BCUT2D eigenvalue weighted by Gasteiger charge is -2.20. The van der Waals surface area contributed by atoms with Crippen molar-refractivity contribution in [1.82, 2.24) is 29.4 Å². The molecule has 1 unspecified atom stereocenters. The molecule has 4 aromatic rings. The average molecular weight is 441 g/mol. The number of rotatable bonds is 2. The summed E-state index contributed by atoms with van der Waals surface area (Å²) < 4.78 is 42.1. The summed E-state index contributed by atoms with van der Waals surface area (Å²) in [5, 5.41) is 8.31. The maximum atomic E-state index is 13.2. The van der Waals surface area contributed by atoms with Crippen LogP contribution in [0, 0.1) is 5.92 Å². The van der Waals surface area contributed by atoms with Gasteiger partial charge in [-0.15, -0.1) is 16.4 Å². The van der Waals surface area contributed by atoms with Crippen LogP contribution < -0.4 is 0 Å². The molecule has 4 heterocycles. The topological polar surface area (TPSA) is 60.9 Å². The smallest absolute Gasteiger partial charge is 0.262 e. The van der Waals surface area contributed by atoms with Crippen molar-refractivity contribution >= 4 is 38.8 Å². The molecule has 0 N–H and O–H groups in total. The molecule has 1 atom stereocenters. The van der Waals surface area contributed by atoms with E-state index in [2.05, 4.69) is 27.1 Å². The molecule has 0 bridgehead atoms. The molecule has 0 fully saturated rings. The van der Waals surface area contributed by atoms with E-state index in [1.165, 1.54) is 22.0 Å². The molecule has 0 radical (unpaired) electrons. The van der Waals surface area contributed by atoms with Crippen molar-refractivity contribution < 1.29 is 13.2 Å². The van der Waals surface area contributed by atoms with Crippen LogP contribution in [0.15, 0.2) is 6.33 Å². The first-order valence-electron chi connectivity index (χ1n) is 9.23. The van der Waals surface area contributed by atoms with E-state index >= 15 is 0 Å². The second kappa shape index (κ2) is 6.40. The third kappa shape index (κ3) is 2.83. The molecular weight excluding hydrogens is 425 g/mol. The summed E-state index contributed by atoms with van der Waals surface area (Å²) in [6, 6.07) is 0. The summed E-state index contributed by atoms with van der Waals surface area (Å²) in [6.45, 7) is 2.21. The van der Waals surface area contributed by atoms with Crippen LogP contribution in [-0.4, -0.2) is 29.4 Å². The van der Waals surface area contributed by atoms with Gasteiger partial charge in [0.2, 0.25) is 5.82 Å². The zero-order valence-electron chi connectivity index (χ0n) is 15.6. The molecule has 0 spiro atoms. The first-order valence-corrected chi connectivity index (χ1v) is 10.4. The lowest BCUT2D eigenvalue weighted by molar-refractivity contribution is -0.141. The highest BCUT2D eigenvalue weighted by atomic mass is 35.5. The maximum absolute atomic E-state index is 13.2. The molecular formula is C18H16ClF3N6S. The van der Waals surface area contributed by atoms with Crippen LogP contribution in [0.1, 0.15) is 35.9 Å². The largest absolute Gasteiger partial charge is 0.436 e. The quantitative estimate of drug-likeness (QED) is 0.443. The molecule has 0 amide bonds. The fourth-order valence-electron chi connectivity index (χ4n) is 4.01. The van der Waals surface area contributed by atoms with Crippen LogP contribution in [-0.2, 0) is 26.1 Å². The Morgan fingerprint density at radius 3 is 2.79 bits per heavy atom. The number of aryl methyl sites for hydroxylation is 2. The Balaban J connectivity index is 1.70. The van der Waals surface area contributed by atoms with Gasteiger partial charge in [0.05, 0.1) is 5.39 Å². The van der Waals surface area contributed by atoms with Crippen LogP contribution in [0.25, 0.3) is 27.4 Å². The summed E-state index contributed by atoms with van der Waals surface area (Å²) >= 11 is 7.68. The van der Waals surface area contributed by atoms with Gasteiger partial charge >= 0.3 is 6.18 Å². The number of hydrogen-bond donors (Lipinski definition) is 0. The second-order valence-corrected chi connectivity index (χ2v) is 8.74. The van der Waals surface area contributed by atoms with Gasteiger partial charge in [-0.3, -0.25) is 4.68 Å². The Bertz CT molecular complexity index is 1250. The van der Waals surface area contributed by atoms with Crippen LogP contribution in [0.2, 0.25) is 5.02 Å². The van der Waals surface area contributed by atoms with Crippen molar-refractivity contribution in [1.29, 1.82) is 0 Å². The fraction of sp³-hybridized carbons (Fsp3) is 0.444. The van der Waals surface area contributed by atoms with Crippen molar-refractivity contribution in [2.45, 2.75) is 38.8 Å². The van der Waals surface area contributed by atoms with Crippen molar-refractivity contribution in [2.24, 2.45) is 13.0 Å². The van der Waals surface area contributed by atoms with Crippen LogP contribution in [0.5, 0.6) is 0 Å². The van der Waals surface area contributed by atoms with Gasteiger partial charge < -0.3 is 0 Å². The standard InChI is InChI=1S/C18H16ClF3N6S/c1-3-8-4-5-9-10(6-8)29-17-11(9)16-24-15(26-28(16)7-23-17)13-12(19)14(18(20,21)22)25-27(13)2/h7-8H,3-6H2,1-2H3. The first kappa shape index (κ1) is 18.8. The minimum absolute atomic E-state index is 0.0333. The van der Waals surface area contributed by atoms with E-state index < -0.39 is 16.9 Å². The van der Waals surface area contributed by atoms with E-state index in [0.717, 1.165) is 40.6 Å². The predicted molar refractivity (Wildman–Crippen MR) is 104 cm³/mol. The molecule has 152 valence electrons. The lowest BCUT2D eigenvalue weighted by Crippen LogP contribution is -2.11. The van der Waals surface area contributed by atoms with Gasteiger partial charge in [0, 0.05) is 11.9 Å². The SMILES string of the molecule is CCC1CCc2c(sc3ncn4nc(-c5c(Cl)c(C(F)(F)F)nn5C)nc4c23)C1. The molecule has 0 aliphatic heterocycles. The number of nitrogens with zero attached hydrogens (tertiary/aromatic N) is 6. The van der Waals surface area contributed by atoms with Crippen molar-refractivity contribution in [3.63, 3.8) is 0 Å². The van der Waals surface area contributed by atoms with Crippen molar-refractivity contribution in [3.8, 4) is 11.5 Å². The molecule has 4 aromatic heterocycles. The normalized spacial score (nSPS) is 17.4. The molecule has 5 rings (SSSR count). The summed E-state index contributed by atoms with van der Waals surface area (Å²) in [5.41, 5.74) is 0.713. The van der Waals surface area contributed by atoms with Gasteiger partial charge in [0.25, 0.3) is 0 Å². The zero-order chi connectivity index (χ0) is 20.5. The maximum Gasteiger partial charge on any atom is 0.436 e. The highest BCUT2D eigenvalue weighted by molar-refractivity contribution is 7.19. The van der Waals surface area contributed by atoms with E-state index in [4.69, 9.17) is 11.6 Å². The predicted octanol–water partition coefficient (Wildman–Crippen LogP) is 4.93. The summed E-state index contributed by atoms with van der Waals surface area (Å²) in [6.07, 6.45) is 1.13. The minimum atomic E-state index is -4.65. The van der Waals surface area contributed by atoms with E-state index in [0.29, 0.717) is 11.6 Å². The third-order valence-electron chi connectivity index (χ3n) is 5.54. The molecule has 11 heteroatoms. The van der Waals surface area contributed by atoms with Gasteiger partial charge in [0.1, 0.15) is 21.9 Å². The Labute approximate surface area is 172 Å². The number of thiophene rings is 1. The highest BCUT2D eigenvalue weighted by Gasteiger charge is 2.39. The molecule has 0 saturated heterocycles. The molecule has 0 saturated carbocycles. The van der Waals surface area contributed by atoms with E-state index in [1.54, 1.807) is 17.7 Å². The highest BCUT2D eigenvalue weighted by Crippen LogP contribution is 2.41. The second-order valence-electron chi connectivity index (χ2n) is 7.28. The number of aromatic nitrogens is 6. The molecule has 29 heavy (non-hydrogen) atoms. The number of hydrogen-bond acceptors (Lipinski definition) is 5. The Kier molecular flexibility index (Phi) is 4.15. The first-order chi connectivity index (χ1) is 13.8. The number of halogens is 4. The lowest BCUT2D eigenvalue weighted by atomic mass is 9.86. The molecule has 1 aliphatic rings. The van der Waals surface area contributed by atoms with Gasteiger partial charge in [-0.2, -0.15) is 18.3 Å². The fourth-order valence-corrected chi connectivity index (χ4v) is 5.66. The Morgan fingerprint density at radius 1 is 1.31 bits per heavy atom. The number of alkyl halides is 3. The van der Waals surface area contributed by atoms with E-state index in [9.17, 15) is 13.2 Å². The van der Waals surface area contributed by atoms with Crippen molar-refractivity contribution in [2.75, 3.05) is 0 Å². The summed E-state index contributed by atoms with van der Waals surface area (Å²) in [4.78, 5) is 11.3. The monoisotopic (exact) mass is 440 g/mol. The number of fused-ring (bicyclic) bond motifs is 5. The summed E-state index contributed by atoms with van der Waals surface area (Å²) in [7, 11) is 1.40. The Hall–Kier alpha value is -2.20. The van der Waals surface area contributed by atoms with Crippen molar-refractivity contribution in [3.05, 3.63) is 27.5 Å². The summed E-state index contributed by atoms with van der Waals surface area (Å²) in [5.74, 6) is 0.769. The van der Waals surface area contributed by atoms with Gasteiger partial charge in [0.15, 0.2) is 11.3 Å². The average Bonchev–Trinajstić information content (AvgIpc) is 3.32. The van der Waals surface area contributed by atoms with E-state index in [-0.39, 0.29) is 11.5 Å². The Morgan fingerprint density at radius 2 is 2.10 bits per heavy atom. The molecule has 6 nitrogen and oxygen atoms in total. The van der Waals surface area contributed by atoms with Crippen LogP contribution >= 0.6 is 22.9 Å². The molecule has 1 aliphatic carbocycles. The minimum Gasteiger partial charge on any atom is -0.262 e. The van der Waals surface area contributed by atoms with E-state index in [1.807, 2.05) is 0 Å². The van der Waals surface area contributed by atoms with Gasteiger partial charge in [-0.1, -0.05) is 24.9 Å². The van der Waals surface area contributed by atoms with Crippen LogP contribution in [0.4, 0.5) is 13.2 Å².